The van der Waals surface area contributed by atoms with Gasteiger partial charge < -0.3 is 16.2 Å². The van der Waals surface area contributed by atoms with Crippen molar-refractivity contribution in [3.8, 4) is 0 Å². The average molecular weight is 276 g/mol. The van der Waals surface area contributed by atoms with Gasteiger partial charge in [0.2, 0.25) is 0 Å². The Balaban J connectivity index is 2.13. The van der Waals surface area contributed by atoms with Gasteiger partial charge in [0.05, 0.1) is 5.41 Å². The first-order valence-corrected chi connectivity index (χ1v) is 6.83. The summed E-state index contributed by atoms with van der Waals surface area (Å²) in [4.78, 5) is 23.7. The van der Waals surface area contributed by atoms with E-state index in [2.05, 4.69) is 5.32 Å². The van der Waals surface area contributed by atoms with Crippen LogP contribution in [0.3, 0.4) is 0 Å². The second kappa shape index (κ2) is 5.53. The van der Waals surface area contributed by atoms with Gasteiger partial charge in [-0.15, -0.1) is 0 Å². The number of aliphatic carboxylic acids is 1. The van der Waals surface area contributed by atoms with Crippen LogP contribution in [0.25, 0.3) is 0 Å². The number of rotatable bonds is 3. The first-order valence-electron chi connectivity index (χ1n) is 6.83. The average Bonchev–Trinajstić information content (AvgIpc) is 2.42. The fraction of sp³-hybridized carbons (Fsp3) is 0.467. The quantitative estimate of drug-likeness (QED) is 0.736. The molecule has 1 aromatic carbocycles. The molecule has 1 aliphatic rings. The molecule has 108 valence electrons. The fourth-order valence-electron chi connectivity index (χ4n) is 2.70. The predicted molar refractivity (Wildman–Crippen MR) is 76.3 cm³/mol. The van der Waals surface area contributed by atoms with Gasteiger partial charge in [0.15, 0.2) is 0 Å². The number of nitrogen functional groups attached to an aromatic ring is 1. The van der Waals surface area contributed by atoms with E-state index in [1.165, 1.54) is 0 Å². The van der Waals surface area contributed by atoms with E-state index in [4.69, 9.17) is 5.73 Å². The lowest BCUT2D eigenvalue weighted by Crippen LogP contribution is -2.52. The van der Waals surface area contributed by atoms with Crippen molar-refractivity contribution in [1.82, 2.24) is 5.32 Å². The second-order valence-corrected chi connectivity index (χ2v) is 5.62. The molecule has 0 aromatic heterocycles. The lowest BCUT2D eigenvalue weighted by atomic mass is 9.71. The van der Waals surface area contributed by atoms with Gasteiger partial charge in [-0.05, 0) is 44.0 Å². The summed E-state index contributed by atoms with van der Waals surface area (Å²) in [6.07, 6.45) is 3.12. The zero-order valence-electron chi connectivity index (χ0n) is 11.6. The molecule has 1 amide bonds. The van der Waals surface area contributed by atoms with Crippen LogP contribution in [-0.2, 0) is 4.79 Å². The minimum absolute atomic E-state index is 0.246. The van der Waals surface area contributed by atoms with E-state index in [9.17, 15) is 14.7 Å². The molecule has 4 N–H and O–H groups in total. The molecule has 20 heavy (non-hydrogen) atoms. The monoisotopic (exact) mass is 276 g/mol. The molecule has 0 bridgehead atoms. The van der Waals surface area contributed by atoms with Crippen molar-refractivity contribution >= 4 is 17.6 Å². The van der Waals surface area contributed by atoms with E-state index in [1.807, 2.05) is 0 Å². The number of anilines is 1. The van der Waals surface area contributed by atoms with Gasteiger partial charge >= 0.3 is 5.97 Å². The Morgan fingerprint density at radius 1 is 1.30 bits per heavy atom. The van der Waals surface area contributed by atoms with Crippen molar-refractivity contribution in [3.63, 3.8) is 0 Å². The molecule has 1 saturated carbocycles. The highest BCUT2D eigenvalue weighted by Gasteiger charge is 2.43. The number of nitrogens with two attached hydrogens (primary N) is 1. The number of nitrogens with one attached hydrogen (secondary N) is 1. The van der Waals surface area contributed by atoms with Crippen LogP contribution in [-0.4, -0.2) is 23.0 Å². The Labute approximate surface area is 118 Å². The van der Waals surface area contributed by atoms with Gasteiger partial charge in [-0.3, -0.25) is 9.59 Å². The van der Waals surface area contributed by atoms with E-state index in [-0.39, 0.29) is 11.9 Å². The smallest absolute Gasteiger partial charge is 0.311 e. The number of carboxylic acids is 1. The Morgan fingerprint density at radius 2 is 1.95 bits per heavy atom. The molecule has 2 rings (SSSR count). The third-order valence-electron chi connectivity index (χ3n) is 4.17. The maximum Gasteiger partial charge on any atom is 0.311 e. The minimum atomic E-state index is -0.887. The SMILES string of the molecule is CC1(C(=O)O)CCCCC1NC(=O)c1ccc(N)cc1. The maximum atomic E-state index is 12.2. The number of amides is 1. The summed E-state index contributed by atoms with van der Waals surface area (Å²) in [5, 5.41) is 12.3. The molecule has 2 unspecified atom stereocenters. The molecule has 5 heteroatoms. The van der Waals surface area contributed by atoms with Gasteiger partial charge in [0.25, 0.3) is 5.91 Å². The first kappa shape index (κ1) is 14.4. The molecule has 1 aromatic rings. The highest BCUT2D eigenvalue weighted by Crippen LogP contribution is 2.36. The van der Waals surface area contributed by atoms with Gasteiger partial charge in [0, 0.05) is 17.3 Å². The van der Waals surface area contributed by atoms with Crippen LogP contribution in [0.5, 0.6) is 0 Å². The number of hydrogen-bond acceptors (Lipinski definition) is 3. The second-order valence-electron chi connectivity index (χ2n) is 5.62. The summed E-state index contributed by atoms with van der Waals surface area (Å²) in [6.45, 7) is 1.71. The van der Waals surface area contributed by atoms with Gasteiger partial charge in [-0.2, -0.15) is 0 Å². The summed E-state index contributed by atoms with van der Waals surface area (Å²) in [6, 6.07) is 6.27. The Kier molecular flexibility index (Phi) is 3.97. The third kappa shape index (κ3) is 2.76. The number of carbonyl (C=O) groups is 2. The normalized spacial score (nSPS) is 25.9. The Hall–Kier alpha value is -2.04. The molecule has 1 fully saturated rings. The van der Waals surface area contributed by atoms with Crippen LogP contribution in [0.15, 0.2) is 24.3 Å². The molecule has 2 atom stereocenters. The van der Waals surface area contributed by atoms with Crippen LogP contribution in [0, 0.1) is 5.41 Å². The summed E-state index contributed by atoms with van der Waals surface area (Å²) >= 11 is 0. The van der Waals surface area contributed by atoms with Gasteiger partial charge in [0.1, 0.15) is 0 Å². The van der Waals surface area contributed by atoms with Crippen molar-refractivity contribution in [2.75, 3.05) is 5.73 Å². The summed E-state index contributed by atoms with van der Waals surface area (Å²) in [5.74, 6) is -1.09. The molecule has 5 nitrogen and oxygen atoms in total. The highest BCUT2D eigenvalue weighted by atomic mass is 16.4. The summed E-state index contributed by atoms with van der Waals surface area (Å²) < 4.78 is 0. The zero-order chi connectivity index (χ0) is 14.8. The standard InChI is InChI=1S/C15H20N2O3/c1-15(14(19)20)9-3-2-4-12(15)17-13(18)10-5-7-11(16)8-6-10/h5-8,12H,2-4,9,16H2,1H3,(H,17,18)(H,19,20). The predicted octanol–water partition coefficient (Wildman–Crippen LogP) is 2.03. The van der Waals surface area contributed by atoms with E-state index >= 15 is 0 Å². The largest absolute Gasteiger partial charge is 0.481 e. The lowest BCUT2D eigenvalue weighted by Gasteiger charge is -2.38. The van der Waals surface area contributed by atoms with E-state index in [1.54, 1.807) is 31.2 Å². The van der Waals surface area contributed by atoms with Crippen molar-refractivity contribution < 1.29 is 14.7 Å². The molecular weight excluding hydrogens is 256 g/mol. The molecule has 0 heterocycles. The van der Waals surface area contributed by atoms with Crippen LogP contribution in [0.4, 0.5) is 5.69 Å². The molecule has 0 saturated heterocycles. The number of carboxylic acid groups (broad SMARTS) is 1. The lowest BCUT2D eigenvalue weighted by molar-refractivity contribution is -0.151. The van der Waals surface area contributed by atoms with E-state index < -0.39 is 11.4 Å². The number of hydrogen-bond donors (Lipinski definition) is 3. The topological polar surface area (TPSA) is 92.4 Å². The van der Waals surface area contributed by atoms with Crippen LogP contribution >= 0.6 is 0 Å². The molecule has 0 spiro atoms. The third-order valence-corrected chi connectivity index (χ3v) is 4.17. The summed E-state index contributed by atoms with van der Waals surface area (Å²) in [7, 11) is 0. The maximum absolute atomic E-state index is 12.2. The first-order chi connectivity index (χ1) is 9.43. The van der Waals surface area contributed by atoms with E-state index in [0.717, 1.165) is 12.8 Å². The Morgan fingerprint density at radius 3 is 2.55 bits per heavy atom. The van der Waals surface area contributed by atoms with Crippen molar-refractivity contribution in [2.45, 2.75) is 38.6 Å². The molecule has 1 aliphatic carbocycles. The molecular formula is C15H20N2O3. The van der Waals surface area contributed by atoms with Gasteiger partial charge in [-0.1, -0.05) is 12.8 Å². The zero-order valence-corrected chi connectivity index (χ0v) is 11.6. The highest BCUT2D eigenvalue weighted by molar-refractivity contribution is 5.95. The van der Waals surface area contributed by atoms with Crippen molar-refractivity contribution in [2.24, 2.45) is 5.41 Å². The molecule has 0 aliphatic heterocycles. The van der Waals surface area contributed by atoms with Crippen LogP contribution in [0.2, 0.25) is 0 Å². The van der Waals surface area contributed by atoms with Crippen LogP contribution < -0.4 is 11.1 Å². The minimum Gasteiger partial charge on any atom is -0.481 e. The molecule has 0 radical (unpaired) electrons. The van der Waals surface area contributed by atoms with Gasteiger partial charge in [-0.25, -0.2) is 0 Å². The number of carbonyl (C=O) groups excluding carboxylic acids is 1. The fourth-order valence-corrected chi connectivity index (χ4v) is 2.70. The van der Waals surface area contributed by atoms with Crippen molar-refractivity contribution in [3.05, 3.63) is 29.8 Å². The Bertz CT molecular complexity index is 512. The summed E-state index contributed by atoms with van der Waals surface area (Å²) in [5.41, 5.74) is 5.79. The van der Waals surface area contributed by atoms with Crippen LogP contribution in [0.1, 0.15) is 43.0 Å². The van der Waals surface area contributed by atoms with Crippen molar-refractivity contribution in [1.29, 1.82) is 0 Å². The van der Waals surface area contributed by atoms with E-state index in [0.29, 0.717) is 24.1 Å². The number of benzene rings is 1.